The molecule has 6 nitrogen and oxygen atoms in total. The molecule has 1 amide bonds. The molecule has 2 heterocycles. The van der Waals surface area contributed by atoms with Crippen molar-refractivity contribution in [3.05, 3.63) is 78.2 Å². The predicted octanol–water partition coefficient (Wildman–Crippen LogP) is 4.13. The van der Waals surface area contributed by atoms with E-state index in [9.17, 15) is 4.79 Å². The second-order valence-corrected chi connectivity index (χ2v) is 6.25. The molecule has 0 aliphatic rings. The summed E-state index contributed by atoms with van der Waals surface area (Å²) in [5.41, 5.74) is 2.11. The Hall–Kier alpha value is -3.41. The first-order valence-electron chi connectivity index (χ1n) is 8.78. The smallest absolute Gasteiger partial charge is 0.257 e. The molecule has 0 aliphatic heterocycles. The Morgan fingerprint density at radius 1 is 1.04 bits per heavy atom. The number of hydrogen-bond acceptors (Lipinski definition) is 5. The average Bonchev–Trinajstić information content (AvgIpc) is 2.69. The molecule has 0 radical (unpaired) electrons. The van der Waals surface area contributed by atoms with Gasteiger partial charge in [-0.1, -0.05) is 6.07 Å². The minimum absolute atomic E-state index is 0.112. The van der Waals surface area contributed by atoms with Crippen LogP contribution in [0.3, 0.4) is 0 Å². The standard InChI is InChI=1S/C21H22N4O2/c1-15(2)27-19-9-7-17(8-10-19)25-21(26)16-6-11-20(23-13-16)24-14-18-5-3-4-12-22-18/h3-13,15H,14H2,1-2H3,(H,23,24)(H,25,26). The number of carbonyl (C=O) groups is 1. The van der Waals surface area contributed by atoms with Gasteiger partial charge in [-0.3, -0.25) is 9.78 Å². The molecule has 2 aromatic heterocycles. The van der Waals surface area contributed by atoms with Gasteiger partial charge in [-0.25, -0.2) is 4.98 Å². The van der Waals surface area contributed by atoms with Gasteiger partial charge < -0.3 is 15.4 Å². The lowest BCUT2D eigenvalue weighted by Crippen LogP contribution is -2.12. The summed E-state index contributed by atoms with van der Waals surface area (Å²) in [4.78, 5) is 20.9. The van der Waals surface area contributed by atoms with Crippen LogP contribution in [0.2, 0.25) is 0 Å². The minimum atomic E-state index is -0.212. The molecule has 0 fully saturated rings. The minimum Gasteiger partial charge on any atom is -0.491 e. The van der Waals surface area contributed by atoms with Crippen LogP contribution < -0.4 is 15.4 Å². The molecule has 0 saturated heterocycles. The zero-order valence-electron chi connectivity index (χ0n) is 15.3. The number of amides is 1. The topological polar surface area (TPSA) is 76.1 Å². The van der Waals surface area contributed by atoms with Crippen LogP contribution in [-0.2, 0) is 6.54 Å². The monoisotopic (exact) mass is 362 g/mol. The van der Waals surface area contributed by atoms with Crippen LogP contribution in [-0.4, -0.2) is 22.0 Å². The van der Waals surface area contributed by atoms with Crippen LogP contribution >= 0.6 is 0 Å². The molecule has 0 spiro atoms. The van der Waals surface area contributed by atoms with Crippen molar-refractivity contribution in [2.24, 2.45) is 0 Å². The van der Waals surface area contributed by atoms with Gasteiger partial charge in [0, 0.05) is 18.1 Å². The van der Waals surface area contributed by atoms with Crippen molar-refractivity contribution in [3.63, 3.8) is 0 Å². The van der Waals surface area contributed by atoms with Gasteiger partial charge in [-0.05, 0) is 62.4 Å². The third kappa shape index (κ3) is 5.54. The molecule has 0 atom stereocenters. The molecular weight excluding hydrogens is 340 g/mol. The number of carbonyl (C=O) groups excluding carboxylic acids is 1. The zero-order chi connectivity index (χ0) is 19.1. The maximum absolute atomic E-state index is 12.4. The molecule has 27 heavy (non-hydrogen) atoms. The van der Waals surface area contributed by atoms with Crippen molar-refractivity contribution in [2.45, 2.75) is 26.5 Å². The normalized spacial score (nSPS) is 10.5. The molecule has 138 valence electrons. The molecule has 0 aliphatic carbocycles. The largest absolute Gasteiger partial charge is 0.491 e. The van der Waals surface area contributed by atoms with Gasteiger partial charge >= 0.3 is 0 Å². The summed E-state index contributed by atoms with van der Waals surface area (Å²) in [5.74, 6) is 1.25. The van der Waals surface area contributed by atoms with Crippen molar-refractivity contribution in [1.29, 1.82) is 0 Å². The van der Waals surface area contributed by atoms with Crippen LogP contribution in [0.4, 0.5) is 11.5 Å². The van der Waals surface area contributed by atoms with Crippen molar-refractivity contribution in [2.75, 3.05) is 10.6 Å². The Morgan fingerprint density at radius 2 is 1.85 bits per heavy atom. The highest BCUT2D eigenvalue weighted by Gasteiger charge is 2.07. The summed E-state index contributed by atoms with van der Waals surface area (Å²) in [6, 6.07) is 16.5. The van der Waals surface area contributed by atoms with E-state index in [1.165, 1.54) is 0 Å². The summed E-state index contributed by atoms with van der Waals surface area (Å²) in [7, 11) is 0. The number of nitrogens with one attached hydrogen (secondary N) is 2. The van der Waals surface area contributed by atoms with Gasteiger partial charge in [-0.2, -0.15) is 0 Å². The van der Waals surface area contributed by atoms with Gasteiger partial charge in [0.05, 0.1) is 23.9 Å². The Bertz CT molecular complexity index is 863. The second-order valence-electron chi connectivity index (χ2n) is 6.25. The number of nitrogens with zero attached hydrogens (tertiary/aromatic N) is 2. The first kappa shape index (κ1) is 18.4. The molecule has 3 rings (SSSR count). The maximum Gasteiger partial charge on any atom is 0.257 e. The fraction of sp³-hybridized carbons (Fsp3) is 0.190. The fourth-order valence-electron chi connectivity index (χ4n) is 2.41. The average molecular weight is 362 g/mol. The van der Waals surface area contributed by atoms with Crippen molar-refractivity contribution >= 4 is 17.4 Å². The molecule has 0 unspecified atom stereocenters. The first-order valence-corrected chi connectivity index (χ1v) is 8.78. The Morgan fingerprint density at radius 3 is 2.48 bits per heavy atom. The van der Waals surface area contributed by atoms with Gasteiger partial charge in [-0.15, -0.1) is 0 Å². The first-order chi connectivity index (χ1) is 13.1. The molecule has 1 aromatic carbocycles. The summed E-state index contributed by atoms with van der Waals surface area (Å²) in [6.07, 6.45) is 3.41. The number of aromatic nitrogens is 2. The van der Waals surface area contributed by atoms with Crippen LogP contribution in [0.5, 0.6) is 5.75 Å². The van der Waals surface area contributed by atoms with E-state index >= 15 is 0 Å². The third-order valence-electron chi connectivity index (χ3n) is 3.69. The molecule has 6 heteroatoms. The Kier molecular flexibility index (Phi) is 5.99. The zero-order valence-corrected chi connectivity index (χ0v) is 15.3. The van der Waals surface area contributed by atoms with Gasteiger partial charge in [0.25, 0.3) is 5.91 Å². The highest BCUT2D eigenvalue weighted by atomic mass is 16.5. The second kappa shape index (κ2) is 8.80. The van der Waals surface area contributed by atoms with Crippen LogP contribution in [0.1, 0.15) is 29.9 Å². The molecule has 0 bridgehead atoms. The van der Waals surface area contributed by atoms with E-state index < -0.39 is 0 Å². The predicted molar refractivity (Wildman–Crippen MR) is 106 cm³/mol. The number of hydrogen-bond donors (Lipinski definition) is 2. The van der Waals surface area contributed by atoms with E-state index in [4.69, 9.17) is 4.74 Å². The van der Waals surface area contributed by atoms with E-state index in [0.29, 0.717) is 23.6 Å². The van der Waals surface area contributed by atoms with E-state index in [1.807, 2.05) is 56.3 Å². The van der Waals surface area contributed by atoms with E-state index in [0.717, 1.165) is 11.4 Å². The highest BCUT2D eigenvalue weighted by molar-refractivity contribution is 6.04. The maximum atomic E-state index is 12.4. The SMILES string of the molecule is CC(C)Oc1ccc(NC(=O)c2ccc(NCc3ccccn3)nc2)cc1. The third-order valence-corrected chi connectivity index (χ3v) is 3.69. The lowest BCUT2D eigenvalue weighted by molar-refractivity contribution is 0.102. The van der Waals surface area contributed by atoms with Crippen molar-refractivity contribution in [3.8, 4) is 5.75 Å². The lowest BCUT2D eigenvalue weighted by Gasteiger charge is -2.11. The summed E-state index contributed by atoms with van der Waals surface area (Å²) in [6.45, 7) is 4.51. The van der Waals surface area contributed by atoms with E-state index in [2.05, 4.69) is 20.6 Å². The van der Waals surface area contributed by atoms with Gasteiger partial charge in [0.2, 0.25) is 0 Å². The van der Waals surface area contributed by atoms with E-state index in [-0.39, 0.29) is 12.0 Å². The number of anilines is 2. The Balaban J connectivity index is 1.55. The molecule has 3 aromatic rings. The fourth-order valence-corrected chi connectivity index (χ4v) is 2.41. The lowest BCUT2D eigenvalue weighted by atomic mass is 10.2. The molecule has 0 saturated carbocycles. The van der Waals surface area contributed by atoms with E-state index in [1.54, 1.807) is 24.5 Å². The van der Waals surface area contributed by atoms with Crippen molar-refractivity contribution in [1.82, 2.24) is 9.97 Å². The van der Waals surface area contributed by atoms with Crippen LogP contribution in [0.25, 0.3) is 0 Å². The summed E-state index contributed by atoms with van der Waals surface area (Å²) < 4.78 is 5.59. The van der Waals surface area contributed by atoms with Crippen molar-refractivity contribution < 1.29 is 9.53 Å². The summed E-state index contributed by atoms with van der Waals surface area (Å²) in [5, 5.41) is 6.03. The quantitative estimate of drug-likeness (QED) is 0.661. The molecular formula is C21H22N4O2. The van der Waals surface area contributed by atoms with Gasteiger partial charge in [0.15, 0.2) is 0 Å². The summed E-state index contributed by atoms with van der Waals surface area (Å²) >= 11 is 0. The van der Waals surface area contributed by atoms with Gasteiger partial charge in [0.1, 0.15) is 11.6 Å². The number of pyridine rings is 2. The number of rotatable bonds is 7. The molecule has 2 N–H and O–H groups in total. The Labute approximate surface area is 158 Å². The number of ether oxygens (including phenoxy) is 1. The van der Waals surface area contributed by atoms with Crippen LogP contribution in [0, 0.1) is 0 Å². The highest BCUT2D eigenvalue weighted by Crippen LogP contribution is 2.18. The van der Waals surface area contributed by atoms with Crippen LogP contribution in [0.15, 0.2) is 67.0 Å². The number of benzene rings is 1.